The second-order valence-electron chi connectivity index (χ2n) is 2.24. The number of hydrogen-bond donors (Lipinski definition) is 0. The van der Waals surface area contributed by atoms with E-state index >= 15 is 0 Å². The fourth-order valence-electron chi connectivity index (χ4n) is 0.706. The maximum atomic E-state index is 11.3. The number of aromatic nitrogens is 1. The first-order valence-corrected chi connectivity index (χ1v) is 3.39. The van der Waals surface area contributed by atoms with Crippen LogP contribution in [0.15, 0.2) is 10.7 Å². The molecule has 0 bridgehead atoms. The van der Waals surface area contributed by atoms with Crippen LogP contribution < -0.4 is 0 Å². The lowest BCUT2D eigenvalue weighted by molar-refractivity contribution is -0.0760. The van der Waals surface area contributed by atoms with Gasteiger partial charge in [0.05, 0.1) is 7.11 Å². The summed E-state index contributed by atoms with van der Waals surface area (Å²) in [4.78, 5) is 19.8. The highest BCUT2D eigenvalue weighted by Crippen LogP contribution is 2.03. The van der Waals surface area contributed by atoms with Gasteiger partial charge < -0.3 is 4.42 Å². The molecule has 0 fully saturated rings. The average Bonchev–Trinajstić information content (AvgIpc) is 2.49. The number of aryl methyl sites for hydroxylation is 1. The Morgan fingerprint density at radius 1 is 1.75 bits per heavy atom. The SMILES string of the molecule is CON(C)C(=O)c1coc(C)n1. The average molecular weight is 170 g/mol. The van der Waals surface area contributed by atoms with Crippen LogP contribution in [0.25, 0.3) is 0 Å². The van der Waals surface area contributed by atoms with Crippen molar-refractivity contribution in [3.05, 3.63) is 17.8 Å². The predicted octanol–water partition coefficient (Wildman–Crippen LogP) is 0.616. The monoisotopic (exact) mass is 170 g/mol. The van der Waals surface area contributed by atoms with E-state index in [1.807, 2.05) is 0 Å². The maximum absolute atomic E-state index is 11.3. The summed E-state index contributed by atoms with van der Waals surface area (Å²) in [6, 6.07) is 0. The molecular formula is C7H10N2O3. The van der Waals surface area contributed by atoms with E-state index in [0.717, 1.165) is 5.06 Å². The lowest BCUT2D eigenvalue weighted by atomic mass is 10.4. The van der Waals surface area contributed by atoms with Gasteiger partial charge >= 0.3 is 0 Å². The summed E-state index contributed by atoms with van der Waals surface area (Å²) in [5.74, 6) is 0.136. The fraction of sp³-hybridized carbons (Fsp3) is 0.429. The summed E-state index contributed by atoms with van der Waals surface area (Å²) >= 11 is 0. The number of hydrogen-bond acceptors (Lipinski definition) is 4. The van der Waals surface area contributed by atoms with Crippen LogP contribution in [0.1, 0.15) is 16.4 Å². The molecule has 1 amide bonds. The lowest BCUT2D eigenvalue weighted by Gasteiger charge is -2.10. The van der Waals surface area contributed by atoms with E-state index in [1.54, 1.807) is 6.92 Å². The highest BCUT2D eigenvalue weighted by molar-refractivity contribution is 5.90. The van der Waals surface area contributed by atoms with Crippen molar-refractivity contribution >= 4 is 5.91 Å². The fourth-order valence-corrected chi connectivity index (χ4v) is 0.706. The van der Waals surface area contributed by atoms with Gasteiger partial charge in [0.1, 0.15) is 6.26 Å². The zero-order valence-electron chi connectivity index (χ0n) is 7.20. The minimum absolute atomic E-state index is 0.247. The summed E-state index contributed by atoms with van der Waals surface area (Å²) in [5, 5.41) is 1.08. The Bertz CT molecular complexity index is 282. The molecule has 1 aromatic rings. The highest BCUT2D eigenvalue weighted by Gasteiger charge is 2.14. The zero-order chi connectivity index (χ0) is 9.14. The minimum atomic E-state index is -0.325. The molecule has 12 heavy (non-hydrogen) atoms. The summed E-state index contributed by atoms with van der Waals surface area (Å²) in [5.41, 5.74) is 0.247. The van der Waals surface area contributed by atoms with Crippen molar-refractivity contribution in [3.63, 3.8) is 0 Å². The maximum Gasteiger partial charge on any atom is 0.299 e. The molecule has 1 rings (SSSR count). The Labute approximate surface area is 69.9 Å². The van der Waals surface area contributed by atoms with Gasteiger partial charge in [0, 0.05) is 14.0 Å². The molecule has 0 N–H and O–H groups in total. The smallest absolute Gasteiger partial charge is 0.299 e. The molecule has 0 aromatic carbocycles. The van der Waals surface area contributed by atoms with Crippen LogP contribution in [0, 0.1) is 6.92 Å². The van der Waals surface area contributed by atoms with Gasteiger partial charge in [-0.1, -0.05) is 0 Å². The molecule has 1 heterocycles. The van der Waals surface area contributed by atoms with E-state index in [1.165, 1.54) is 20.4 Å². The van der Waals surface area contributed by atoms with Crippen LogP contribution in [0.4, 0.5) is 0 Å². The second-order valence-corrected chi connectivity index (χ2v) is 2.24. The standard InChI is InChI=1S/C7H10N2O3/c1-5-8-6(4-12-5)7(10)9(2)11-3/h4H,1-3H3. The lowest BCUT2D eigenvalue weighted by Crippen LogP contribution is -2.25. The van der Waals surface area contributed by atoms with Crippen LogP contribution in [-0.2, 0) is 4.84 Å². The van der Waals surface area contributed by atoms with Crippen LogP contribution >= 0.6 is 0 Å². The summed E-state index contributed by atoms with van der Waals surface area (Å²) < 4.78 is 4.87. The van der Waals surface area contributed by atoms with Crippen molar-refractivity contribution in [2.45, 2.75) is 6.92 Å². The molecule has 66 valence electrons. The Hall–Kier alpha value is -1.36. The molecule has 0 saturated carbocycles. The van der Waals surface area contributed by atoms with Gasteiger partial charge in [-0.15, -0.1) is 0 Å². The number of amides is 1. The van der Waals surface area contributed by atoms with E-state index in [4.69, 9.17) is 4.42 Å². The molecule has 1 aromatic heterocycles. The third kappa shape index (κ3) is 1.62. The van der Waals surface area contributed by atoms with Crippen molar-refractivity contribution < 1.29 is 14.0 Å². The normalized spacial score (nSPS) is 9.92. The minimum Gasteiger partial charge on any atom is -0.448 e. The summed E-state index contributed by atoms with van der Waals surface area (Å²) in [6.45, 7) is 1.67. The van der Waals surface area contributed by atoms with E-state index in [2.05, 4.69) is 9.82 Å². The molecular weight excluding hydrogens is 160 g/mol. The van der Waals surface area contributed by atoms with E-state index in [0.29, 0.717) is 5.89 Å². The molecule has 0 atom stereocenters. The zero-order valence-corrected chi connectivity index (χ0v) is 7.20. The predicted molar refractivity (Wildman–Crippen MR) is 40.3 cm³/mol. The van der Waals surface area contributed by atoms with Gasteiger partial charge in [-0.3, -0.25) is 9.63 Å². The number of carbonyl (C=O) groups is 1. The first-order valence-electron chi connectivity index (χ1n) is 3.39. The largest absolute Gasteiger partial charge is 0.448 e. The molecule has 5 nitrogen and oxygen atoms in total. The Balaban J connectivity index is 2.78. The molecule has 0 unspecified atom stereocenters. The Kier molecular flexibility index (Phi) is 2.44. The van der Waals surface area contributed by atoms with Crippen molar-refractivity contribution in [3.8, 4) is 0 Å². The molecule has 0 radical (unpaired) electrons. The third-order valence-electron chi connectivity index (χ3n) is 1.40. The molecule has 0 spiro atoms. The third-order valence-corrected chi connectivity index (χ3v) is 1.40. The van der Waals surface area contributed by atoms with Gasteiger partial charge in [-0.05, 0) is 0 Å². The second kappa shape index (κ2) is 3.36. The van der Waals surface area contributed by atoms with Gasteiger partial charge in [-0.25, -0.2) is 10.0 Å². The molecule has 0 aliphatic rings. The van der Waals surface area contributed by atoms with Crippen LogP contribution in [0.2, 0.25) is 0 Å². The number of rotatable bonds is 2. The Morgan fingerprint density at radius 3 is 2.83 bits per heavy atom. The topological polar surface area (TPSA) is 55.6 Å². The van der Waals surface area contributed by atoms with Gasteiger partial charge in [0.15, 0.2) is 11.6 Å². The number of carbonyl (C=O) groups excluding carboxylic acids is 1. The highest BCUT2D eigenvalue weighted by atomic mass is 16.7. The summed E-state index contributed by atoms with van der Waals surface area (Å²) in [7, 11) is 2.91. The van der Waals surface area contributed by atoms with Gasteiger partial charge in [0.25, 0.3) is 5.91 Å². The van der Waals surface area contributed by atoms with E-state index in [-0.39, 0.29) is 11.6 Å². The van der Waals surface area contributed by atoms with Crippen molar-refractivity contribution in [2.24, 2.45) is 0 Å². The van der Waals surface area contributed by atoms with Crippen molar-refractivity contribution in [1.29, 1.82) is 0 Å². The first-order chi connectivity index (χ1) is 5.65. The van der Waals surface area contributed by atoms with E-state index in [9.17, 15) is 4.79 Å². The van der Waals surface area contributed by atoms with Crippen LogP contribution in [0.5, 0.6) is 0 Å². The van der Waals surface area contributed by atoms with Gasteiger partial charge in [-0.2, -0.15) is 0 Å². The van der Waals surface area contributed by atoms with Crippen LogP contribution in [-0.4, -0.2) is 30.1 Å². The van der Waals surface area contributed by atoms with E-state index < -0.39 is 0 Å². The number of hydroxylamine groups is 2. The molecule has 0 saturated heterocycles. The number of nitrogens with zero attached hydrogens (tertiary/aromatic N) is 2. The number of oxazole rings is 1. The van der Waals surface area contributed by atoms with Crippen molar-refractivity contribution in [1.82, 2.24) is 10.0 Å². The van der Waals surface area contributed by atoms with Crippen molar-refractivity contribution in [2.75, 3.05) is 14.2 Å². The first kappa shape index (κ1) is 8.73. The molecule has 0 aliphatic heterocycles. The molecule has 0 aliphatic carbocycles. The van der Waals surface area contributed by atoms with Crippen LogP contribution in [0.3, 0.4) is 0 Å². The molecule has 5 heteroatoms. The quantitative estimate of drug-likeness (QED) is 0.610. The van der Waals surface area contributed by atoms with Gasteiger partial charge in [0.2, 0.25) is 0 Å². The summed E-state index contributed by atoms with van der Waals surface area (Å²) in [6.07, 6.45) is 1.30. The Morgan fingerprint density at radius 2 is 2.42 bits per heavy atom.